The highest BCUT2D eigenvalue weighted by atomic mass is 35.5. The number of benzene rings is 2. The Balaban J connectivity index is 2.46. The fourth-order valence-corrected chi connectivity index (χ4v) is 2.42. The Morgan fingerprint density at radius 1 is 1.15 bits per heavy atom. The zero-order valence-electron chi connectivity index (χ0n) is 11.8. The second kappa shape index (κ2) is 5.68. The largest absolute Gasteiger partial charge is 0.507 e. The van der Waals surface area contributed by atoms with Gasteiger partial charge in [-0.2, -0.15) is 0 Å². The summed E-state index contributed by atoms with van der Waals surface area (Å²) in [6.07, 6.45) is 0.574. The molecule has 2 aromatic carbocycles. The third-order valence-electron chi connectivity index (χ3n) is 3.63. The molecule has 0 aliphatic heterocycles. The van der Waals surface area contributed by atoms with Crippen LogP contribution in [-0.2, 0) is 6.42 Å². The number of halogens is 1. The van der Waals surface area contributed by atoms with E-state index in [1.54, 1.807) is 13.0 Å². The van der Waals surface area contributed by atoms with Crippen LogP contribution in [0.4, 0.5) is 0 Å². The van der Waals surface area contributed by atoms with Crippen molar-refractivity contribution >= 4 is 17.4 Å². The Kier molecular flexibility index (Phi) is 4.15. The first kappa shape index (κ1) is 14.6. The highest BCUT2D eigenvalue weighted by Crippen LogP contribution is 2.30. The van der Waals surface area contributed by atoms with E-state index < -0.39 is 0 Å². The smallest absolute Gasteiger partial charge is 0.160 e. The van der Waals surface area contributed by atoms with Crippen molar-refractivity contribution in [1.82, 2.24) is 0 Å². The van der Waals surface area contributed by atoms with Crippen molar-refractivity contribution < 1.29 is 9.90 Å². The molecule has 0 saturated heterocycles. The summed E-state index contributed by atoms with van der Waals surface area (Å²) in [6, 6.07) is 9.27. The van der Waals surface area contributed by atoms with Crippen molar-refractivity contribution in [2.75, 3.05) is 0 Å². The van der Waals surface area contributed by atoms with Crippen molar-refractivity contribution in [3.63, 3.8) is 0 Å². The van der Waals surface area contributed by atoms with Gasteiger partial charge in [-0.05, 0) is 61.2 Å². The number of carbonyl (C=O) groups is 1. The van der Waals surface area contributed by atoms with Crippen molar-refractivity contribution in [2.24, 2.45) is 0 Å². The molecule has 2 aromatic rings. The van der Waals surface area contributed by atoms with Crippen molar-refractivity contribution in [3.8, 4) is 5.75 Å². The van der Waals surface area contributed by atoms with Gasteiger partial charge in [0.25, 0.3) is 0 Å². The van der Waals surface area contributed by atoms with Gasteiger partial charge in [0.1, 0.15) is 5.75 Å². The Labute approximate surface area is 124 Å². The van der Waals surface area contributed by atoms with Crippen molar-refractivity contribution in [1.29, 1.82) is 0 Å². The second-order valence-corrected chi connectivity index (χ2v) is 5.48. The number of Topliss-reactive ketones (excluding diaryl/α,β-unsaturated/α-hetero) is 1. The fourth-order valence-electron chi connectivity index (χ4n) is 2.29. The highest BCUT2D eigenvalue weighted by Gasteiger charge is 2.14. The molecule has 2 nitrogen and oxygen atoms in total. The van der Waals surface area contributed by atoms with E-state index in [2.05, 4.69) is 0 Å². The fraction of sp³-hybridized carbons (Fsp3) is 0.235. The van der Waals surface area contributed by atoms with Gasteiger partial charge < -0.3 is 5.11 Å². The molecule has 0 spiro atoms. The molecule has 0 heterocycles. The molecular formula is C17H17ClO2. The molecule has 104 valence electrons. The molecule has 0 bridgehead atoms. The molecule has 0 aliphatic rings. The van der Waals surface area contributed by atoms with Crippen molar-refractivity contribution in [2.45, 2.75) is 27.2 Å². The SMILES string of the molecule is CC(=O)c1cc(Cc2ccc(Cl)cc2)c(O)c(C)c1C. The van der Waals surface area contributed by atoms with Crippen LogP contribution in [0.2, 0.25) is 5.02 Å². The van der Waals surface area contributed by atoms with E-state index in [4.69, 9.17) is 11.6 Å². The van der Waals surface area contributed by atoms with Crippen LogP contribution in [0.1, 0.15) is 39.5 Å². The third kappa shape index (κ3) is 2.86. The maximum absolute atomic E-state index is 11.7. The molecule has 0 radical (unpaired) electrons. The van der Waals surface area contributed by atoms with Crippen LogP contribution in [0.5, 0.6) is 5.75 Å². The summed E-state index contributed by atoms with van der Waals surface area (Å²) in [5.41, 5.74) is 4.09. The van der Waals surface area contributed by atoms with Crippen LogP contribution in [0.3, 0.4) is 0 Å². The monoisotopic (exact) mass is 288 g/mol. The Morgan fingerprint density at radius 2 is 1.75 bits per heavy atom. The highest BCUT2D eigenvalue weighted by molar-refractivity contribution is 6.30. The first-order valence-corrected chi connectivity index (χ1v) is 6.85. The number of hydrogen-bond acceptors (Lipinski definition) is 2. The molecule has 0 atom stereocenters. The quantitative estimate of drug-likeness (QED) is 0.847. The van der Waals surface area contributed by atoms with Gasteiger partial charge in [0, 0.05) is 17.0 Å². The molecule has 0 saturated carbocycles. The van der Waals surface area contributed by atoms with Gasteiger partial charge in [0.2, 0.25) is 0 Å². The number of phenols is 1. The minimum atomic E-state index is 0.0166. The molecule has 3 heteroatoms. The lowest BCUT2D eigenvalue weighted by molar-refractivity contribution is 0.101. The van der Waals surface area contributed by atoms with Crippen LogP contribution in [-0.4, -0.2) is 10.9 Å². The Hall–Kier alpha value is -1.80. The van der Waals surface area contributed by atoms with Crippen LogP contribution in [0, 0.1) is 13.8 Å². The maximum atomic E-state index is 11.7. The van der Waals surface area contributed by atoms with Gasteiger partial charge in [-0.1, -0.05) is 23.7 Å². The number of rotatable bonds is 3. The summed E-state index contributed by atoms with van der Waals surface area (Å²) in [7, 11) is 0. The molecule has 0 aliphatic carbocycles. The maximum Gasteiger partial charge on any atom is 0.160 e. The van der Waals surface area contributed by atoms with Crippen LogP contribution in [0.25, 0.3) is 0 Å². The third-order valence-corrected chi connectivity index (χ3v) is 3.88. The van der Waals surface area contributed by atoms with Crippen LogP contribution < -0.4 is 0 Å². The summed E-state index contributed by atoms with van der Waals surface area (Å²) < 4.78 is 0. The number of phenolic OH excluding ortho intramolecular Hbond substituents is 1. The van der Waals surface area contributed by atoms with E-state index in [1.165, 1.54) is 0 Å². The summed E-state index contributed by atoms with van der Waals surface area (Å²) in [5, 5.41) is 10.9. The number of carbonyl (C=O) groups excluding carboxylic acids is 1. The lowest BCUT2D eigenvalue weighted by Crippen LogP contribution is -2.02. The standard InChI is InChI=1S/C17H17ClO2/c1-10-11(2)17(20)14(9-16(10)12(3)19)8-13-4-6-15(18)7-5-13/h4-7,9,20H,8H2,1-3H3. The lowest BCUT2D eigenvalue weighted by Gasteiger charge is -2.13. The topological polar surface area (TPSA) is 37.3 Å². The van der Waals surface area contributed by atoms with Crippen LogP contribution in [0.15, 0.2) is 30.3 Å². The van der Waals surface area contributed by atoms with Gasteiger partial charge in [-0.25, -0.2) is 0 Å². The number of hydrogen-bond donors (Lipinski definition) is 1. The molecule has 1 N–H and O–H groups in total. The van der Waals surface area contributed by atoms with Gasteiger partial charge >= 0.3 is 0 Å². The van der Waals surface area contributed by atoms with Gasteiger partial charge in [-0.3, -0.25) is 4.79 Å². The van der Waals surface area contributed by atoms with E-state index in [1.807, 2.05) is 38.1 Å². The van der Waals surface area contributed by atoms with Gasteiger partial charge in [-0.15, -0.1) is 0 Å². The summed E-state index contributed by atoms with van der Waals surface area (Å²) >= 11 is 5.86. The minimum absolute atomic E-state index is 0.0166. The molecule has 20 heavy (non-hydrogen) atoms. The van der Waals surface area contributed by atoms with Gasteiger partial charge in [0.05, 0.1) is 0 Å². The number of ketones is 1. The predicted octanol–water partition coefficient (Wildman–Crippen LogP) is 4.46. The molecule has 0 amide bonds. The van der Waals surface area contributed by atoms with Crippen molar-refractivity contribution in [3.05, 3.63) is 63.2 Å². The first-order valence-electron chi connectivity index (χ1n) is 6.47. The van der Waals surface area contributed by atoms with E-state index in [9.17, 15) is 9.90 Å². The minimum Gasteiger partial charge on any atom is -0.507 e. The molecular weight excluding hydrogens is 272 g/mol. The molecule has 0 fully saturated rings. The van der Waals surface area contributed by atoms with E-state index >= 15 is 0 Å². The number of aromatic hydroxyl groups is 1. The first-order chi connectivity index (χ1) is 9.40. The Morgan fingerprint density at radius 3 is 2.30 bits per heavy atom. The summed E-state index contributed by atoms with van der Waals surface area (Å²) in [5.74, 6) is 0.283. The molecule has 2 rings (SSSR count). The lowest BCUT2D eigenvalue weighted by atomic mass is 9.93. The second-order valence-electron chi connectivity index (χ2n) is 5.04. The molecule has 0 aromatic heterocycles. The normalized spacial score (nSPS) is 10.6. The summed E-state index contributed by atoms with van der Waals surface area (Å²) in [4.78, 5) is 11.7. The average molecular weight is 289 g/mol. The Bertz CT molecular complexity index is 658. The summed E-state index contributed by atoms with van der Waals surface area (Å²) in [6.45, 7) is 5.24. The average Bonchev–Trinajstić information content (AvgIpc) is 2.41. The zero-order valence-corrected chi connectivity index (χ0v) is 12.6. The van der Waals surface area contributed by atoms with E-state index in [0.29, 0.717) is 17.0 Å². The van der Waals surface area contributed by atoms with Crippen LogP contribution >= 0.6 is 11.6 Å². The molecule has 0 unspecified atom stereocenters. The predicted molar refractivity (Wildman–Crippen MR) is 81.8 cm³/mol. The van der Waals surface area contributed by atoms with Gasteiger partial charge in [0.15, 0.2) is 5.78 Å². The van der Waals surface area contributed by atoms with E-state index in [-0.39, 0.29) is 11.5 Å². The van der Waals surface area contributed by atoms with E-state index in [0.717, 1.165) is 22.3 Å². The zero-order chi connectivity index (χ0) is 14.9.